The fraction of sp³-hybridized carbons (Fsp3) is 0.333. The molecule has 4 rings (SSSR count). The molecule has 4 aromatic rings. The van der Waals surface area contributed by atoms with E-state index in [1.54, 1.807) is 60.2 Å². The van der Waals surface area contributed by atoms with Gasteiger partial charge >= 0.3 is 5.97 Å². The van der Waals surface area contributed by atoms with Crippen molar-refractivity contribution >= 4 is 46.5 Å². The van der Waals surface area contributed by atoms with E-state index in [0.717, 1.165) is 10.9 Å². The van der Waals surface area contributed by atoms with E-state index in [-0.39, 0.29) is 56.7 Å². The number of carbonyl (C=O) groups excluding carboxylic acids is 4. The van der Waals surface area contributed by atoms with Crippen LogP contribution in [0.5, 0.6) is 5.75 Å². The van der Waals surface area contributed by atoms with Crippen LogP contribution >= 0.6 is 0 Å². The molecule has 4 amide bonds. The van der Waals surface area contributed by atoms with Crippen LogP contribution in [-0.2, 0) is 43.2 Å². The monoisotopic (exact) mass is 785 g/mol. The zero-order chi connectivity index (χ0) is 41.3. The van der Waals surface area contributed by atoms with Gasteiger partial charge in [0.2, 0.25) is 23.6 Å². The quantitative estimate of drug-likeness (QED) is 0.0192. The highest BCUT2D eigenvalue weighted by molar-refractivity contribution is 5.95. The molecule has 18 nitrogen and oxygen atoms in total. The molecule has 0 unspecified atom stereocenters. The lowest BCUT2D eigenvalue weighted by molar-refractivity contribution is -0.525. The molecule has 3 aromatic carbocycles. The van der Waals surface area contributed by atoms with E-state index in [9.17, 15) is 44.3 Å². The number of aromatic nitrogens is 1. The van der Waals surface area contributed by atoms with Crippen LogP contribution in [0.25, 0.3) is 10.9 Å². The third-order valence-electron chi connectivity index (χ3n) is 8.91. The number of aromatic amines is 1. The topological polar surface area (TPSA) is 283 Å². The van der Waals surface area contributed by atoms with Crippen molar-refractivity contribution in [2.45, 2.75) is 76.0 Å². The van der Waals surface area contributed by atoms with Crippen molar-refractivity contribution in [2.75, 3.05) is 6.54 Å². The molecule has 0 fully saturated rings. The molecule has 0 saturated carbocycles. The van der Waals surface area contributed by atoms with Crippen molar-refractivity contribution in [3.8, 4) is 5.75 Å². The molecular weight excluding hydrogens is 738 g/mol. The molecule has 302 valence electrons. The van der Waals surface area contributed by atoms with Gasteiger partial charge in [0.1, 0.15) is 29.9 Å². The Hall–Kier alpha value is -6.98. The fourth-order valence-electron chi connectivity index (χ4n) is 6.06. The number of aromatic hydroxyl groups is 1. The lowest BCUT2D eigenvalue weighted by Gasteiger charge is -2.26. The predicted molar refractivity (Wildman–Crippen MR) is 210 cm³/mol. The molecule has 1 heterocycles. The number of guanidine groups is 1. The number of carboxylic acids is 1. The normalized spacial score (nSPS) is 13.4. The number of aliphatic carboxylic acids is 1. The second-order valence-electron chi connectivity index (χ2n) is 13.3. The number of benzene rings is 3. The Balaban J connectivity index is 1.59. The van der Waals surface area contributed by atoms with Crippen LogP contribution in [0.1, 0.15) is 49.3 Å². The number of nitrogens with one attached hydrogen (secondary N) is 6. The molecule has 10 N–H and O–H groups in total. The average Bonchev–Trinajstić information content (AvgIpc) is 3.58. The summed E-state index contributed by atoms with van der Waals surface area (Å²) in [5, 5.41) is 41.2. The summed E-state index contributed by atoms with van der Waals surface area (Å²) < 4.78 is 0. The standard InChI is InChI=1S/C39H47N9O9/c1-2-9-34(50)43-31(21-25-15-17-27(49)18-16-25)36(52)45-32(20-24-10-4-3-5-11-24)37(53)44-30(14-8-19-41-39(40)47-48(56)57)35(51)46-33(38(54)55)22-26-23-42-29-13-7-6-12-28(26)29/h3-7,10-13,15-18,23,30-33,42,49H,2,8-9,14,19-22H2,1H3,(H,43,50)(H,44,53)(H,45,52)(H,46,51)(H,54,55)(H3,40,41,47)/t30-,31-,32+,33-/m0/s1. The Morgan fingerprint density at radius 3 is 2.02 bits per heavy atom. The van der Waals surface area contributed by atoms with Crippen molar-refractivity contribution in [3.63, 3.8) is 0 Å². The molecule has 0 aliphatic heterocycles. The van der Waals surface area contributed by atoms with E-state index in [1.165, 1.54) is 12.1 Å². The molecule has 4 atom stereocenters. The maximum atomic E-state index is 14.2. The molecule has 0 radical (unpaired) electrons. The largest absolute Gasteiger partial charge is 0.508 e. The van der Waals surface area contributed by atoms with Crippen LogP contribution < -0.4 is 32.4 Å². The van der Waals surface area contributed by atoms with Crippen LogP contribution in [0.15, 0.2) is 90.1 Å². The van der Waals surface area contributed by atoms with Crippen LogP contribution in [-0.4, -0.2) is 86.5 Å². The number of hydrazine groups is 1. The molecule has 0 aliphatic rings. The molecule has 18 heteroatoms. The molecule has 0 spiro atoms. The van der Waals surface area contributed by atoms with Gasteiger partial charge in [-0.3, -0.25) is 19.2 Å². The third-order valence-corrected chi connectivity index (χ3v) is 8.91. The number of rotatable bonds is 21. The van der Waals surface area contributed by atoms with E-state index in [0.29, 0.717) is 23.1 Å². The van der Waals surface area contributed by atoms with E-state index in [1.807, 2.05) is 25.1 Å². The number of phenols is 1. The van der Waals surface area contributed by atoms with Crippen LogP contribution in [0.2, 0.25) is 0 Å². The second-order valence-corrected chi connectivity index (χ2v) is 13.3. The summed E-state index contributed by atoms with van der Waals surface area (Å²) >= 11 is 0. The first-order chi connectivity index (χ1) is 27.3. The van der Waals surface area contributed by atoms with Crippen LogP contribution in [0.3, 0.4) is 0 Å². The second kappa shape index (κ2) is 21.2. The lowest BCUT2D eigenvalue weighted by atomic mass is 10.0. The number of amides is 4. The molecule has 57 heavy (non-hydrogen) atoms. The van der Waals surface area contributed by atoms with Gasteiger partial charge < -0.3 is 42.2 Å². The number of H-pyrrole nitrogens is 1. The predicted octanol–water partition coefficient (Wildman–Crippen LogP) is 1.60. The van der Waals surface area contributed by atoms with Crippen LogP contribution in [0, 0.1) is 10.1 Å². The maximum Gasteiger partial charge on any atom is 0.326 e. The van der Waals surface area contributed by atoms with Gasteiger partial charge in [-0.25, -0.2) is 19.9 Å². The third kappa shape index (κ3) is 13.7. The maximum absolute atomic E-state index is 14.2. The van der Waals surface area contributed by atoms with Gasteiger partial charge in [0.25, 0.3) is 5.96 Å². The molecule has 0 bridgehead atoms. The van der Waals surface area contributed by atoms with E-state index >= 15 is 0 Å². The van der Waals surface area contributed by atoms with Crippen molar-refractivity contribution in [1.29, 1.82) is 0 Å². The zero-order valence-corrected chi connectivity index (χ0v) is 31.3. The molecule has 0 aliphatic carbocycles. The molecule has 0 saturated heterocycles. The summed E-state index contributed by atoms with van der Waals surface area (Å²) in [4.78, 5) is 84.7. The molecular formula is C39H47N9O9. The number of para-hydroxylation sites is 1. The zero-order valence-electron chi connectivity index (χ0n) is 31.3. The number of phenolic OH excluding ortho intramolecular Hbond substituents is 1. The summed E-state index contributed by atoms with van der Waals surface area (Å²) in [6, 6.07) is 17.0. The van der Waals surface area contributed by atoms with Crippen molar-refractivity contribution in [2.24, 2.45) is 10.7 Å². The first kappa shape index (κ1) is 42.8. The minimum Gasteiger partial charge on any atom is -0.508 e. The number of fused-ring (bicyclic) bond motifs is 1. The highest BCUT2D eigenvalue weighted by Gasteiger charge is 2.32. The molecule has 1 aromatic heterocycles. The highest BCUT2D eigenvalue weighted by atomic mass is 16.7. The van der Waals surface area contributed by atoms with Gasteiger partial charge in [0, 0.05) is 49.3 Å². The number of nitro groups is 1. The number of hydrogen-bond acceptors (Lipinski definition) is 9. The van der Waals surface area contributed by atoms with Gasteiger partial charge in [0.15, 0.2) is 5.03 Å². The van der Waals surface area contributed by atoms with Crippen molar-refractivity contribution in [1.82, 2.24) is 31.7 Å². The Morgan fingerprint density at radius 2 is 1.37 bits per heavy atom. The number of nitrogens with two attached hydrogens (primary N) is 1. The van der Waals surface area contributed by atoms with E-state index < -0.39 is 58.9 Å². The Labute approximate surface area is 327 Å². The van der Waals surface area contributed by atoms with Crippen molar-refractivity contribution in [3.05, 3.63) is 112 Å². The highest BCUT2D eigenvalue weighted by Crippen LogP contribution is 2.19. The first-order valence-corrected chi connectivity index (χ1v) is 18.3. The Bertz CT molecular complexity index is 2040. The van der Waals surface area contributed by atoms with Gasteiger partial charge in [-0.2, -0.15) is 0 Å². The number of carbonyl (C=O) groups is 5. The fourth-order valence-corrected chi connectivity index (χ4v) is 6.06. The summed E-state index contributed by atoms with van der Waals surface area (Å²) in [6.45, 7) is 1.72. The number of carboxylic acid groups (broad SMARTS) is 1. The number of hydrogen-bond donors (Lipinski definition) is 9. The van der Waals surface area contributed by atoms with Crippen LogP contribution in [0.4, 0.5) is 0 Å². The summed E-state index contributed by atoms with van der Waals surface area (Å²) in [6.07, 6.45) is 2.24. The minimum atomic E-state index is -1.40. The summed E-state index contributed by atoms with van der Waals surface area (Å²) in [7, 11) is 0. The van der Waals surface area contributed by atoms with Gasteiger partial charge in [-0.05, 0) is 54.2 Å². The minimum absolute atomic E-state index is 0.0177. The Morgan fingerprint density at radius 1 is 0.789 bits per heavy atom. The van der Waals surface area contributed by atoms with Gasteiger partial charge in [-0.15, -0.1) is 0 Å². The average molecular weight is 786 g/mol. The summed E-state index contributed by atoms with van der Waals surface area (Å²) in [5.74, 6) is -4.46. The lowest BCUT2D eigenvalue weighted by Crippen LogP contribution is -2.58. The van der Waals surface area contributed by atoms with E-state index in [2.05, 4.69) is 31.2 Å². The first-order valence-electron chi connectivity index (χ1n) is 18.3. The number of nitrogens with zero attached hydrogens (tertiary/aromatic N) is 2. The number of aliphatic imine (C=N–C) groups is 1. The van der Waals surface area contributed by atoms with Crippen molar-refractivity contribution < 1.29 is 39.2 Å². The Kier molecular flexibility index (Phi) is 15.9. The van der Waals surface area contributed by atoms with Gasteiger partial charge in [0.05, 0.1) is 0 Å². The van der Waals surface area contributed by atoms with Gasteiger partial charge in [-0.1, -0.05) is 73.0 Å². The summed E-state index contributed by atoms with van der Waals surface area (Å²) in [5.41, 5.74) is 9.95. The smallest absolute Gasteiger partial charge is 0.326 e. The SMILES string of the molecule is CCCC(=O)N[C@@H](Cc1ccc(O)cc1)C(=O)N[C@H](Cc1ccccc1)C(=O)N[C@@H](CCCN=C(N)N[N+](=O)[O-])C(=O)N[C@@H](Cc1c[nH]c2ccccc12)C(=O)O. The van der Waals surface area contributed by atoms with E-state index in [4.69, 9.17) is 5.73 Å².